The van der Waals surface area contributed by atoms with E-state index < -0.39 is 0 Å². The van der Waals surface area contributed by atoms with Crippen LogP contribution in [0.4, 0.5) is 0 Å². The Morgan fingerprint density at radius 3 is 2.66 bits per heavy atom. The number of rotatable bonds is 5. The summed E-state index contributed by atoms with van der Waals surface area (Å²) in [4.78, 5) is 34.6. The molecule has 0 radical (unpaired) electrons. The molecule has 5 rings (SSSR count). The number of aromatic nitrogens is 4. The SMILES string of the molecule is CNC(=O)c1ccc2c(c1)nc(-c1ccccn1)n2[C@H]1CCC[C@@H](NC(=O)c2ccc(Br)n2C)C1. The van der Waals surface area contributed by atoms with Gasteiger partial charge in [0.15, 0.2) is 5.82 Å². The highest BCUT2D eigenvalue weighted by molar-refractivity contribution is 9.10. The Morgan fingerprint density at radius 2 is 1.94 bits per heavy atom. The molecule has 0 saturated heterocycles. The number of imidazole rings is 1. The fourth-order valence-electron chi connectivity index (χ4n) is 4.93. The van der Waals surface area contributed by atoms with Crippen LogP contribution in [-0.2, 0) is 7.05 Å². The molecule has 1 fully saturated rings. The molecule has 0 aliphatic heterocycles. The maximum Gasteiger partial charge on any atom is 0.268 e. The fraction of sp³-hybridized carbons (Fsp3) is 0.308. The molecular weight excluding hydrogens is 508 g/mol. The Labute approximate surface area is 211 Å². The number of fused-ring (bicyclic) bond motifs is 1. The zero-order chi connectivity index (χ0) is 24.5. The second-order valence-corrected chi connectivity index (χ2v) is 9.71. The highest BCUT2D eigenvalue weighted by Gasteiger charge is 2.29. The summed E-state index contributed by atoms with van der Waals surface area (Å²) in [5.41, 5.74) is 3.70. The topological polar surface area (TPSA) is 93.8 Å². The summed E-state index contributed by atoms with van der Waals surface area (Å²) in [7, 11) is 3.49. The normalized spacial score (nSPS) is 17.9. The largest absolute Gasteiger partial charge is 0.355 e. The van der Waals surface area contributed by atoms with Crippen LogP contribution in [0.1, 0.15) is 52.6 Å². The van der Waals surface area contributed by atoms with E-state index in [9.17, 15) is 9.59 Å². The predicted molar refractivity (Wildman–Crippen MR) is 138 cm³/mol. The molecule has 180 valence electrons. The molecule has 3 heterocycles. The molecule has 0 spiro atoms. The predicted octanol–water partition coefficient (Wildman–Crippen LogP) is 4.47. The van der Waals surface area contributed by atoms with Gasteiger partial charge in [0.05, 0.1) is 15.6 Å². The van der Waals surface area contributed by atoms with E-state index in [1.807, 2.05) is 60.1 Å². The van der Waals surface area contributed by atoms with Crippen LogP contribution in [0.3, 0.4) is 0 Å². The lowest BCUT2D eigenvalue weighted by atomic mass is 9.90. The number of nitrogens with zero attached hydrogens (tertiary/aromatic N) is 4. The van der Waals surface area contributed by atoms with Gasteiger partial charge in [-0.2, -0.15) is 0 Å². The van der Waals surface area contributed by atoms with Gasteiger partial charge in [-0.3, -0.25) is 14.6 Å². The molecule has 35 heavy (non-hydrogen) atoms. The first-order valence-corrected chi connectivity index (χ1v) is 12.5. The van der Waals surface area contributed by atoms with Crippen LogP contribution in [0.25, 0.3) is 22.6 Å². The summed E-state index contributed by atoms with van der Waals surface area (Å²) >= 11 is 3.46. The number of hydrogen-bond donors (Lipinski definition) is 2. The molecule has 1 aliphatic carbocycles. The average molecular weight is 535 g/mol. The third-order valence-electron chi connectivity index (χ3n) is 6.71. The Hall–Kier alpha value is -3.46. The van der Waals surface area contributed by atoms with E-state index in [2.05, 4.69) is 36.1 Å². The van der Waals surface area contributed by atoms with Gasteiger partial charge in [-0.05, 0) is 84.1 Å². The maximum atomic E-state index is 13.0. The van der Waals surface area contributed by atoms with Crippen molar-refractivity contribution in [1.29, 1.82) is 0 Å². The van der Waals surface area contributed by atoms with Crippen LogP contribution in [0.5, 0.6) is 0 Å². The van der Waals surface area contributed by atoms with Crippen LogP contribution in [0, 0.1) is 0 Å². The molecule has 8 nitrogen and oxygen atoms in total. The van der Waals surface area contributed by atoms with Gasteiger partial charge in [-0.1, -0.05) is 6.07 Å². The van der Waals surface area contributed by atoms with E-state index in [0.717, 1.165) is 52.8 Å². The molecule has 4 aromatic rings. The van der Waals surface area contributed by atoms with E-state index >= 15 is 0 Å². The quantitative estimate of drug-likeness (QED) is 0.394. The summed E-state index contributed by atoms with van der Waals surface area (Å²) in [6.45, 7) is 0. The highest BCUT2D eigenvalue weighted by atomic mass is 79.9. The number of halogens is 1. The number of benzene rings is 1. The Kier molecular flexibility index (Phi) is 6.42. The van der Waals surface area contributed by atoms with Crippen molar-refractivity contribution in [3.05, 3.63) is 70.6 Å². The Bertz CT molecular complexity index is 1390. The zero-order valence-electron chi connectivity index (χ0n) is 19.7. The van der Waals surface area contributed by atoms with Gasteiger partial charge in [-0.25, -0.2) is 4.98 Å². The smallest absolute Gasteiger partial charge is 0.268 e. The molecule has 9 heteroatoms. The lowest BCUT2D eigenvalue weighted by Gasteiger charge is -2.32. The molecule has 1 aliphatic rings. The lowest BCUT2D eigenvalue weighted by Crippen LogP contribution is -2.39. The molecule has 2 N–H and O–H groups in total. The number of nitrogens with one attached hydrogen (secondary N) is 2. The average Bonchev–Trinajstić information content (AvgIpc) is 3.43. The minimum atomic E-state index is -0.145. The summed E-state index contributed by atoms with van der Waals surface area (Å²) < 4.78 is 4.94. The van der Waals surface area contributed by atoms with Crippen molar-refractivity contribution in [1.82, 2.24) is 29.7 Å². The van der Waals surface area contributed by atoms with E-state index in [1.54, 1.807) is 13.2 Å². The van der Waals surface area contributed by atoms with Gasteiger partial charge < -0.3 is 19.8 Å². The van der Waals surface area contributed by atoms with Gasteiger partial charge in [-0.15, -0.1) is 0 Å². The molecule has 0 bridgehead atoms. The first-order valence-electron chi connectivity index (χ1n) is 11.7. The molecule has 3 aromatic heterocycles. The number of amides is 2. The minimum absolute atomic E-state index is 0.0501. The van der Waals surface area contributed by atoms with Gasteiger partial charge in [0.1, 0.15) is 11.4 Å². The summed E-state index contributed by atoms with van der Waals surface area (Å²) in [5, 5.41) is 5.91. The summed E-state index contributed by atoms with van der Waals surface area (Å²) in [6.07, 6.45) is 5.45. The standard InChI is InChI=1S/C26H27BrN6O2/c1-28-25(34)16-9-10-21-20(14-16)31-24(19-8-3-4-13-29-19)33(21)18-7-5-6-17(15-18)30-26(35)22-11-12-23(27)32(22)2/h3-4,8-14,17-18H,5-7,15H2,1-2H3,(H,28,34)(H,30,35)/t17-,18+/m1/s1. The summed E-state index contributed by atoms with van der Waals surface area (Å²) in [6, 6.07) is 15.3. The van der Waals surface area contributed by atoms with Crippen LogP contribution >= 0.6 is 15.9 Å². The molecular formula is C26H27BrN6O2. The lowest BCUT2D eigenvalue weighted by molar-refractivity contribution is 0.0911. The number of hydrogen-bond acceptors (Lipinski definition) is 4. The number of carbonyl (C=O) groups excluding carboxylic acids is 2. The van der Waals surface area contributed by atoms with E-state index in [1.165, 1.54) is 0 Å². The third kappa shape index (κ3) is 4.48. The number of pyridine rings is 1. The highest BCUT2D eigenvalue weighted by Crippen LogP contribution is 2.36. The van der Waals surface area contributed by atoms with Crippen molar-refractivity contribution >= 4 is 38.8 Å². The van der Waals surface area contributed by atoms with Crippen LogP contribution in [0.15, 0.2) is 59.3 Å². The molecule has 2 atom stereocenters. The van der Waals surface area contributed by atoms with Gasteiger partial charge in [0.25, 0.3) is 11.8 Å². The van der Waals surface area contributed by atoms with Crippen molar-refractivity contribution in [2.75, 3.05) is 7.05 Å². The van der Waals surface area contributed by atoms with Gasteiger partial charge >= 0.3 is 0 Å². The molecule has 1 saturated carbocycles. The van der Waals surface area contributed by atoms with Gasteiger partial charge in [0, 0.05) is 37.9 Å². The van der Waals surface area contributed by atoms with E-state index in [-0.39, 0.29) is 23.9 Å². The van der Waals surface area contributed by atoms with E-state index in [0.29, 0.717) is 11.3 Å². The Balaban J connectivity index is 1.49. The minimum Gasteiger partial charge on any atom is -0.355 e. The summed E-state index contributed by atoms with van der Waals surface area (Å²) in [5.74, 6) is 0.561. The Morgan fingerprint density at radius 1 is 1.09 bits per heavy atom. The first kappa shape index (κ1) is 23.3. The van der Waals surface area contributed by atoms with Crippen LogP contribution < -0.4 is 10.6 Å². The second kappa shape index (κ2) is 9.65. The molecule has 0 unspecified atom stereocenters. The van der Waals surface area contributed by atoms with Crippen molar-refractivity contribution in [2.45, 2.75) is 37.8 Å². The first-order chi connectivity index (χ1) is 17.0. The fourth-order valence-corrected chi connectivity index (χ4v) is 5.26. The van der Waals surface area contributed by atoms with Crippen molar-refractivity contribution < 1.29 is 9.59 Å². The van der Waals surface area contributed by atoms with Crippen molar-refractivity contribution in [3.8, 4) is 11.5 Å². The molecule has 2 amide bonds. The molecule has 1 aromatic carbocycles. The maximum absolute atomic E-state index is 13.0. The van der Waals surface area contributed by atoms with E-state index in [4.69, 9.17) is 4.98 Å². The van der Waals surface area contributed by atoms with Gasteiger partial charge in [0.2, 0.25) is 0 Å². The third-order valence-corrected chi connectivity index (χ3v) is 7.51. The van der Waals surface area contributed by atoms with Crippen molar-refractivity contribution in [3.63, 3.8) is 0 Å². The van der Waals surface area contributed by atoms with Crippen molar-refractivity contribution in [2.24, 2.45) is 7.05 Å². The number of carbonyl (C=O) groups is 2. The monoisotopic (exact) mass is 534 g/mol. The van der Waals surface area contributed by atoms with Crippen LogP contribution in [0.2, 0.25) is 0 Å². The second-order valence-electron chi connectivity index (χ2n) is 8.89. The zero-order valence-corrected chi connectivity index (χ0v) is 21.2. The van der Waals surface area contributed by atoms with Crippen LogP contribution in [-0.4, -0.2) is 44.0 Å².